The molecule has 1 heterocycles. The van der Waals surface area contributed by atoms with Gasteiger partial charge in [0, 0.05) is 5.56 Å². The molecule has 0 fully saturated rings. The number of hydrogen-bond donors (Lipinski definition) is 1. The number of esters is 1. The second-order valence-corrected chi connectivity index (χ2v) is 3.31. The van der Waals surface area contributed by atoms with Gasteiger partial charge in [-0.05, 0) is 17.7 Å². The van der Waals surface area contributed by atoms with E-state index >= 15 is 0 Å². The minimum absolute atomic E-state index is 0.371. The number of carbonyl (C=O) groups excluding carboxylic acids is 1. The molecule has 0 spiro atoms. The first-order chi connectivity index (χ1) is 7.72. The van der Waals surface area contributed by atoms with Crippen LogP contribution in [-0.2, 0) is 4.74 Å². The number of nitrogens with two attached hydrogens (primary N) is 1. The van der Waals surface area contributed by atoms with Crippen LogP contribution >= 0.6 is 0 Å². The molecule has 0 amide bonds. The summed E-state index contributed by atoms with van der Waals surface area (Å²) in [6.07, 6.45) is 3.01. The average molecular weight is 217 g/mol. The van der Waals surface area contributed by atoms with Crippen LogP contribution in [0.3, 0.4) is 0 Å². The second-order valence-electron chi connectivity index (χ2n) is 3.31. The molecule has 2 rings (SSSR count). The largest absolute Gasteiger partial charge is 0.470 e. The standard InChI is InChI=1S/C12H11NO3/c1-15-12(14)9-4-2-3-8(5-9)10-6-16-7-11(10)13/h2-7H,13H2,1H3. The number of anilines is 1. The zero-order chi connectivity index (χ0) is 11.5. The molecular weight excluding hydrogens is 206 g/mol. The van der Waals surface area contributed by atoms with Crippen LogP contribution in [0.15, 0.2) is 41.2 Å². The number of hydrogen-bond acceptors (Lipinski definition) is 4. The summed E-state index contributed by atoms with van der Waals surface area (Å²) in [6.45, 7) is 0. The molecule has 0 saturated carbocycles. The van der Waals surface area contributed by atoms with Crippen molar-refractivity contribution >= 4 is 11.7 Å². The normalized spacial score (nSPS) is 10.1. The van der Waals surface area contributed by atoms with Crippen molar-refractivity contribution in [2.45, 2.75) is 0 Å². The Morgan fingerprint density at radius 2 is 2.19 bits per heavy atom. The number of ether oxygens (including phenoxy) is 1. The van der Waals surface area contributed by atoms with Crippen molar-refractivity contribution in [1.29, 1.82) is 0 Å². The Bertz CT molecular complexity index is 516. The van der Waals surface area contributed by atoms with Crippen molar-refractivity contribution in [1.82, 2.24) is 0 Å². The molecule has 1 aromatic carbocycles. The van der Waals surface area contributed by atoms with Gasteiger partial charge >= 0.3 is 5.97 Å². The van der Waals surface area contributed by atoms with E-state index < -0.39 is 0 Å². The minimum Gasteiger partial charge on any atom is -0.470 e. The smallest absolute Gasteiger partial charge is 0.337 e. The third kappa shape index (κ3) is 1.77. The first kappa shape index (κ1) is 10.3. The summed E-state index contributed by atoms with van der Waals surface area (Å²) in [7, 11) is 1.35. The molecule has 0 radical (unpaired) electrons. The lowest BCUT2D eigenvalue weighted by Gasteiger charge is -2.02. The van der Waals surface area contributed by atoms with E-state index in [1.54, 1.807) is 24.5 Å². The monoisotopic (exact) mass is 217 g/mol. The van der Waals surface area contributed by atoms with Crippen molar-refractivity contribution < 1.29 is 13.9 Å². The van der Waals surface area contributed by atoms with Gasteiger partial charge in [0.1, 0.15) is 12.5 Å². The van der Waals surface area contributed by atoms with Crippen LogP contribution in [0.5, 0.6) is 0 Å². The van der Waals surface area contributed by atoms with Gasteiger partial charge in [-0.3, -0.25) is 0 Å². The quantitative estimate of drug-likeness (QED) is 0.784. The molecule has 2 aromatic rings. The summed E-state index contributed by atoms with van der Waals surface area (Å²) in [5, 5.41) is 0. The predicted octanol–water partition coefficient (Wildman–Crippen LogP) is 2.32. The van der Waals surface area contributed by atoms with Crippen LogP contribution in [0.2, 0.25) is 0 Å². The molecule has 0 atom stereocenters. The molecule has 82 valence electrons. The fraction of sp³-hybridized carbons (Fsp3) is 0.0833. The van der Waals surface area contributed by atoms with Gasteiger partial charge in [-0.2, -0.15) is 0 Å². The molecule has 16 heavy (non-hydrogen) atoms. The maximum Gasteiger partial charge on any atom is 0.337 e. The van der Waals surface area contributed by atoms with Gasteiger partial charge in [0.25, 0.3) is 0 Å². The number of methoxy groups -OCH3 is 1. The van der Waals surface area contributed by atoms with Crippen molar-refractivity contribution in [3.8, 4) is 11.1 Å². The van der Waals surface area contributed by atoms with E-state index in [4.69, 9.17) is 10.2 Å². The molecule has 1 aromatic heterocycles. The lowest BCUT2D eigenvalue weighted by Crippen LogP contribution is -2.00. The van der Waals surface area contributed by atoms with E-state index in [1.165, 1.54) is 13.4 Å². The highest BCUT2D eigenvalue weighted by molar-refractivity contribution is 5.91. The highest BCUT2D eigenvalue weighted by Gasteiger charge is 2.09. The Morgan fingerprint density at radius 1 is 1.38 bits per heavy atom. The third-order valence-electron chi connectivity index (χ3n) is 2.29. The van der Waals surface area contributed by atoms with Crippen LogP contribution < -0.4 is 5.73 Å². The van der Waals surface area contributed by atoms with Crippen LogP contribution in [0.4, 0.5) is 5.69 Å². The van der Waals surface area contributed by atoms with Crippen LogP contribution in [0, 0.1) is 0 Å². The highest BCUT2D eigenvalue weighted by atomic mass is 16.5. The molecule has 4 heteroatoms. The van der Waals surface area contributed by atoms with Gasteiger partial charge < -0.3 is 14.9 Å². The zero-order valence-electron chi connectivity index (χ0n) is 8.77. The fourth-order valence-corrected chi connectivity index (χ4v) is 1.47. The first-order valence-corrected chi connectivity index (χ1v) is 4.73. The minimum atomic E-state index is -0.371. The van der Waals surface area contributed by atoms with Crippen LogP contribution in [0.25, 0.3) is 11.1 Å². The van der Waals surface area contributed by atoms with Crippen LogP contribution in [0.1, 0.15) is 10.4 Å². The van der Waals surface area contributed by atoms with E-state index in [0.717, 1.165) is 11.1 Å². The summed E-state index contributed by atoms with van der Waals surface area (Å²) in [5.41, 5.74) is 8.35. The van der Waals surface area contributed by atoms with Crippen LogP contribution in [-0.4, -0.2) is 13.1 Å². The summed E-state index contributed by atoms with van der Waals surface area (Å²) >= 11 is 0. The van der Waals surface area contributed by atoms with Gasteiger partial charge in [0.15, 0.2) is 0 Å². The number of nitrogen functional groups attached to an aromatic ring is 1. The molecule has 0 aliphatic rings. The van der Waals surface area contributed by atoms with E-state index in [9.17, 15) is 4.79 Å². The van der Waals surface area contributed by atoms with Crippen molar-refractivity contribution in [2.75, 3.05) is 12.8 Å². The van der Waals surface area contributed by atoms with Crippen molar-refractivity contribution in [3.05, 3.63) is 42.4 Å². The number of benzene rings is 1. The SMILES string of the molecule is COC(=O)c1cccc(-c2cocc2N)c1. The van der Waals surface area contributed by atoms with E-state index in [1.807, 2.05) is 6.07 Å². The van der Waals surface area contributed by atoms with Gasteiger partial charge in [-0.15, -0.1) is 0 Å². The number of furan rings is 1. The maximum atomic E-state index is 11.3. The molecule has 0 saturated heterocycles. The predicted molar refractivity (Wildman–Crippen MR) is 59.9 cm³/mol. The van der Waals surface area contributed by atoms with Crippen molar-refractivity contribution in [3.63, 3.8) is 0 Å². The first-order valence-electron chi connectivity index (χ1n) is 4.73. The fourth-order valence-electron chi connectivity index (χ4n) is 1.47. The average Bonchev–Trinajstić information content (AvgIpc) is 2.74. The molecule has 0 bridgehead atoms. The Balaban J connectivity index is 2.44. The number of rotatable bonds is 2. The molecule has 0 aliphatic carbocycles. The van der Waals surface area contributed by atoms with Gasteiger partial charge in [-0.25, -0.2) is 4.79 Å². The summed E-state index contributed by atoms with van der Waals surface area (Å²) < 4.78 is 9.63. The van der Waals surface area contributed by atoms with Gasteiger partial charge in [0.05, 0.1) is 18.4 Å². The van der Waals surface area contributed by atoms with E-state index in [-0.39, 0.29) is 5.97 Å². The highest BCUT2D eigenvalue weighted by Crippen LogP contribution is 2.27. The Kier molecular flexibility index (Phi) is 2.64. The summed E-state index contributed by atoms with van der Waals surface area (Å²) in [6, 6.07) is 7.03. The Labute approximate surface area is 92.6 Å². The van der Waals surface area contributed by atoms with Gasteiger partial charge in [0.2, 0.25) is 0 Å². The molecule has 2 N–H and O–H groups in total. The third-order valence-corrected chi connectivity index (χ3v) is 2.29. The topological polar surface area (TPSA) is 65.5 Å². The Morgan fingerprint density at radius 3 is 2.81 bits per heavy atom. The number of carbonyl (C=O) groups is 1. The lowest BCUT2D eigenvalue weighted by atomic mass is 10.1. The van der Waals surface area contributed by atoms with Gasteiger partial charge in [-0.1, -0.05) is 12.1 Å². The Hall–Kier alpha value is -2.23. The molecule has 0 unspecified atom stereocenters. The summed E-state index contributed by atoms with van der Waals surface area (Å²) in [5.74, 6) is -0.371. The maximum absolute atomic E-state index is 11.3. The molecule has 0 aliphatic heterocycles. The van der Waals surface area contributed by atoms with E-state index in [2.05, 4.69) is 4.74 Å². The van der Waals surface area contributed by atoms with E-state index in [0.29, 0.717) is 11.3 Å². The van der Waals surface area contributed by atoms with Crippen molar-refractivity contribution in [2.24, 2.45) is 0 Å². The molecular formula is C12H11NO3. The zero-order valence-corrected chi connectivity index (χ0v) is 8.77. The lowest BCUT2D eigenvalue weighted by molar-refractivity contribution is 0.0601. The summed E-state index contributed by atoms with van der Waals surface area (Å²) in [4.78, 5) is 11.3. The molecule has 4 nitrogen and oxygen atoms in total. The second kappa shape index (κ2) is 4.10.